The Bertz CT molecular complexity index is 1240. The van der Waals surface area contributed by atoms with Crippen molar-refractivity contribution in [2.24, 2.45) is 17.8 Å². The molecule has 2 N–H and O–H groups in total. The summed E-state index contributed by atoms with van der Waals surface area (Å²) in [4.78, 5) is 33.5. The summed E-state index contributed by atoms with van der Waals surface area (Å²) in [7, 11) is 1.80. The van der Waals surface area contributed by atoms with Crippen LogP contribution >= 0.6 is 23.4 Å². The summed E-state index contributed by atoms with van der Waals surface area (Å²) in [6, 6.07) is 0.611. The van der Waals surface area contributed by atoms with Crippen molar-refractivity contribution in [2.45, 2.75) is 126 Å². The molecule has 10 atom stereocenters. The van der Waals surface area contributed by atoms with E-state index in [1.54, 1.807) is 7.11 Å². The van der Waals surface area contributed by atoms with Crippen molar-refractivity contribution < 1.29 is 19.4 Å². The molecule has 1 aromatic rings. The van der Waals surface area contributed by atoms with Crippen LogP contribution in [0.4, 0.5) is 0 Å². The molecule has 6 rings (SSSR count). The Labute approximate surface area is 271 Å². The van der Waals surface area contributed by atoms with Crippen LogP contribution < -0.4 is 10.9 Å². The molecule has 246 valence electrons. The molecular weight excluding hydrogens is 600 g/mol. The number of nitrogens with one attached hydrogen (secondary N) is 1. The van der Waals surface area contributed by atoms with Crippen LogP contribution in [-0.2, 0) is 27.2 Å². The predicted octanol–water partition coefficient (Wildman–Crippen LogP) is 4.06. The second-order valence-corrected chi connectivity index (χ2v) is 15.9. The molecule has 0 radical (unpaired) electrons. The van der Waals surface area contributed by atoms with Gasteiger partial charge >= 0.3 is 5.97 Å². The molecule has 0 aromatic carbocycles. The molecule has 4 heterocycles. The number of methoxy groups -OCH3 is 1. The number of aromatic nitrogens is 2. The Morgan fingerprint density at radius 2 is 1.91 bits per heavy atom. The van der Waals surface area contributed by atoms with Crippen molar-refractivity contribution in [3.63, 3.8) is 0 Å². The van der Waals surface area contributed by atoms with E-state index >= 15 is 0 Å². The molecule has 0 amide bonds. The van der Waals surface area contributed by atoms with Gasteiger partial charge in [0.25, 0.3) is 5.56 Å². The SMILES string of the molecule is COC1CCN([C@@H]2CCc3nc(C)n(CCOC4CCC(Cl)CC4C4CC(C)NC5C(C(=O)O)CSC45)c(=O)c3[C@@H]2C)CC1. The lowest BCUT2D eigenvalue weighted by atomic mass is 9.70. The number of carbonyl (C=O) groups is 1. The van der Waals surface area contributed by atoms with E-state index in [1.165, 1.54) is 0 Å². The first-order valence-corrected chi connectivity index (χ1v) is 18.4. The maximum absolute atomic E-state index is 14.0. The Balaban J connectivity index is 1.14. The fourth-order valence-corrected chi connectivity index (χ4v) is 11.4. The van der Waals surface area contributed by atoms with E-state index in [0.717, 1.165) is 81.5 Å². The lowest BCUT2D eigenvalue weighted by molar-refractivity contribution is -0.142. The molecule has 9 nitrogen and oxygen atoms in total. The molecule has 3 saturated heterocycles. The zero-order valence-corrected chi connectivity index (χ0v) is 28.3. The fraction of sp³-hybridized carbons (Fsp3) is 0.848. The molecule has 5 aliphatic rings. The number of alkyl halides is 1. The number of carboxylic acid groups (broad SMARTS) is 1. The molecule has 3 aliphatic heterocycles. The van der Waals surface area contributed by atoms with Gasteiger partial charge in [0.1, 0.15) is 5.82 Å². The van der Waals surface area contributed by atoms with Gasteiger partial charge in [-0.3, -0.25) is 19.1 Å². The van der Waals surface area contributed by atoms with Gasteiger partial charge in [-0.05, 0) is 77.0 Å². The zero-order chi connectivity index (χ0) is 31.1. The van der Waals surface area contributed by atoms with Crippen molar-refractivity contribution in [1.82, 2.24) is 19.8 Å². The van der Waals surface area contributed by atoms with Gasteiger partial charge in [0.15, 0.2) is 0 Å². The first-order chi connectivity index (χ1) is 21.2. The number of hydrogen-bond donors (Lipinski definition) is 2. The normalized spacial score (nSPS) is 38.3. The molecule has 8 unspecified atom stereocenters. The standard InChI is InChI=1S/C33H51ClN4O5S/c1-18-15-24(31-30(35-18)25(17-44-31)33(40)41)23-16-21(34)5-8-28(23)43-14-13-38-20(3)36-26-6-7-27(19(2)29(26)32(38)39)37-11-9-22(42-4)10-12-37/h18-19,21-25,27-28,30-31,35H,5-17H2,1-4H3,(H,40,41)/t18?,19-,21?,23?,24?,25?,27-,28?,30?,31?/m1/s1. The van der Waals surface area contributed by atoms with E-state index in [0.29, 0.717) is 37.0 Å². The van der Waals surface area contributed by atoms with E-state index in [2.05, 4.69) is 24.1 Å². The zero-order valence-electron chi connectivity index (χ0n) is 26.8. The smallest absolute Gasteiger partial charge is 0.308 e. The largest absolute Gasteiger partial charge is 0.481 e. The van der Waals surface area contributed by atoms with Gasteiger partial charge in [-0.25, -0.2) is 4.98 Å². The van der Waals surface area contributed by atoms with Crippen LogP contribution in [0.1, 0.15) is 81.8 Å². The summed E-state index contributed by atoms with van der Waals surface area (Å²) in [5, 5.41) is 13.8. The molecule has 11 heteroatoms. The molecule has 4 fully saturated rings. The van der Waals surface area contributed by atoms with Gasteiger partial charge in [-0.15, -0.1) is 11.6 Å². The molecule has 0 bridgehead atoms. The van der Waals surface area contributed by atoms with Crippen LogP contribution in [0.2, 0.25) is 0 Å². The van der Waals surface area contributed by atoms with Crippen molar-refractivity contribution in [1.29, 1.82) is 0 Å². The Morgan fingerprint density at radius 1 is 1.14 bits per heavy atom. The monoisotopic (exact) mass is 650 g/mol. The summed E-state index contributed by atoms with van der Waals surface area (Å²) in [5.41, 5.74) is 1.96. The Hall–Kier alpha value is -1.17. The predicted molar refractivity (Wildman–Crippen MR) is 174 cm³/mol. The van der Waals surface area contributed by atoms with Crippen LogP contribution in [-0.4, -0.2) is 99.0 Å². The molecule has 44 heavy (non-hydrogen) atoms. The van der Waals surface area contributed by atoms with Gasteiger partial charge in [-0.2, -0.15) is 11.8 Å². The van der Waals surface area contributed by atoms with E-state index in [1.807, 2.05) is 23.3 Å². The van der Waals surface area contributed by atoms with Crippen LogP contribution in [0, 0.1) is 24.7 Å². The summed E-state index contributed by atoms with van der Waals surface area (Å²) >= 11 is 8.57. The Kier molecular flexibility index (Phi) is 10.3. The molecule has 0 spiro atoms. The third kappa shape index (κ3) is 6.50. The maximum Gasteiger partial charge on any atom is 0.308 e. The van der Waals surface area contributed by atoms with Crippen molar-refractivity contribution in [2.75, 3.05) is 32.6 Å². The molecule has 2 aliphatic carbocycles. The minimum atomic E-state index is -0.701. The topological polar surface area (TPSA) is 106 Å². The number of nitrogens with zero attached hydrogens (tertiary/aromatic N) is 3. The van der Waals surface area contributed by atoms with Crippen LogP contribution in [0.15, 0.2) is 4.79 Å². The second kappa shape index (κ2) is 13.9. The number of thioether (sulfide) groups is 1. The average molecular weight is 651 g/mol. The minimum Gasteiger partial charge on any atom is -0.481 e. The van der Waals surface area contributed by atoms with Crippen LogP contribution in [0.3, 0.4) is 0 Å². The number of aryl methyl sites for hydroxylation is 2. The Morgan fingerprint density at radius 3 is 2.64 bits per heavy atom. The second-order valence-electron chi connectivity index (χ2n) is 14.1. The van der Waals surface area contributed by atoms with Gasteiger partial charge in [0.2, 0.25) is 0 Å². The first kappa shape index (κ1) is 32.8. The maximum atomic E-state index is 14.0. The molecule has 1 aromatic heterocycles. The van der Waals surface area contributed by atoms with E-state index in [9.17, 15) is 14.7 Å². The number of carboxylic acids is 1. The highest BCUT2D eigenvalue weighted by Gasteiger charge is 2.51. The van der Waals surface area contributed by atoms with Crippen molar-refractivity contribution >= 4 is 29.3 Å². The summed E-state index contributed by atoms with van der Waals surface area (Å²) < 4.78 is 14.1. The van der Waals surface area contributed by atoms with E-state index in [4.69, 9.17) is 26.1 Å². The highest BCUT2D eigenvalue weighted by molar-refractivity contribution is 8.00. The first-order valence-electron chi connectivity index (χ1n) is 16.9. The molecular formula is C33H51ClN4O5S. The number of ether oxygens (including phenoxy) is 2. The number of fused-ring (bicyclic) bond motifs is 2. The quantitative estimate of drug-likeness (QED) is 0.403. The minimum absolute atomic E-state index is 0.0115. The average Bonchev–Trinajstić information content (AvgIpc) is 3.43. The van der Waals surface area contributed by atoms with Gasteiger partial charge < -0.3 is 19.9 Å². The van der Waals surface area contributed by atoms with E-state index < -0.39 is 5.97 Å². The summed E-state index contributed by atoms with van der Waals surface area (Å²) in [6.45, 7) is 9.31. The third-order valence-corrected chi connectivity index (χ3v) is 13.5. The lowest BCUT2D eigenvalue weighted by Crippen LogP contribution is -2.57. The molecule has 1 saturated carbocycles. The van der Waals surface area contributed by atoms with Crippen LogP contribution in [0.5, 0.6) is 0 Å². The van der Waals surface area contributed by atoms with Crippen molar-refractivity contribution in [3.05, 3.63) is 27.4 Å². The number of hydrogen-bond acceptors (Lipinski definition) is 8. The number of piperidine rings is 2. The summed E-state index contributed by atoms with van der Waals surface area (Å²) in [5.74, 6) is 1.15. The highest BCUT2D eigenvalue weighted by atomic mass is 35.5. The van der Waals surface area contributed by atoms with Crippen molar-refractivity contribution in [3.8, 4) is 0 Å². The van der Waals surface area contributed by atoms with E-state index in [-0.39, 0.29) is 52.1 Å². The number of rotatable bonds is 8. The number of aliphatic carboxylic acids is 1. The highest BCUT2D eigenvalue weighted by Crippen LogP contribution is 2.48. The number of halogens is 1. The van der Waals surface area contributed by atoms with Gasteiger partial charge in [0, 0.05) is 66.2 Å². The third-order valence-electron chi connectivity index (χ3n) is 11.5. The lowest BCUT2D eigenvalue weighted by Gasteiger charge is -2.47. The number of likely N-dealkylation sites (tertiary alicyclic amines) is 1. The fourth-order valence-electron chi connectivity index (χ4n) is 9.22. The van der Waals surface area contributed by atoms with Gasteiger partial charge in [-0.1, -0.05) is 6.92 Å². The van der Waals surface area contributed by atoms with Gasteiger partial charge in [0.05, 0.1) is 37.0 Å². The van der Waals surface area contributed by atoms with Crippen LogP contribution in [0.25, 0.3) is 0 Å². The summed E-state index contributed by atoms with van der Waals surface area (Å²) in [6.07, 6.45) is 8.10.